The van der Waals surface area contributed by atoms with Gasteiger partial charge < -0.3 is 14.6 Å². The number of nitrogens with one attached hydrogen (secondary N) is 1. The largest absolute Gasteiger partial charge is 0.484 e. The van der Waals surface area contributed by atoms with Gasteiger partial charge in [0.15, 0.2) is 6.61 Å². The maximum absolute atomic E-state index is 12.1. The van der Waals surface area contributed by atoms with Crippen LogP contribution < -0.4 is 10.1 Å². The highest BCUT2D eigenvalue weighted by molar-refractivity contribution is 5.91. The van der Waals surface area contributed by atoms with Crippen molar-refractivity contribution in [2.24, 2.45) is 0 Å². The van der Waals surface area contributed by atoms with E-state index in [4.69, 9.17) is 9.26 Å². The second-order valence-electron chi connectivity index (χ2n) is 7.02. The van der Waals surface area contributed by atoms with Crippen LogP contribution in [0.15, 0.2) is 77.3 Å². The van der Waals surface area contributed by atoms with Gasteiger partial charge in [0.2, 0.25) is 5.82 Å². The molecule has 150 valence electrons. The second kappa shape index (κ2) is 8.61. The highest BCUT2D eigenvalue weighted by Gasteiger charge is 2.12. The van der Waals surface area contributed by atoms with Crippen LogP contribution in [0.5, 0.6) is 5.75 Å². The van der Waals surface area contributed by atoms with E-state index in [2.05, 4.69) is 15.5 Å². The molecule has 0 spiro atoms. The first-order valence-corrected chi connectivity index (χ1v) is 9.57. The van der Waals surface area contributed by atoms with Crippen molar-refractivity contribution in [1.82, 2.24) is 10.1 Å². The third-order valence-electron chi connectivity index (χ3n) is 4.49. The van der Waals surface area contributed by atoms with Gasteiger partial charge in [-0.2, -0.15) is 4.98 Å². The van der Waals surface area contributed by atoms with Gasteiger partial charge in [-0.25, -0.2) is 0 Å². The zero-order chi connectivity index (χ0) is 20.9. The minimum absolute atomic E-state index is 0.0991. The third-order valence-corrected chi connectivity index (χ3v) is 4.49. The zero-order valence-corrected chi connectivity index (χ0v) is 16.8. The molecule has 1 amide bonds. The number of anilines is 1. The molecule has 3 aromatic carbocycles. The summed E-state index contributed by atoms with van der Waals surface area (Å²) >= 11 is 0. The Morgan fingerprint density at radius 1 is 0.933 bits per heavy atom. The monoisotopic (exact) mass is 399 g/mol. The summed E-state index contributed by atoms with van der Waals surface area (Å²) in [5.41, 5.74) is 4.60. The van der Waals surface area contributed by atoms with Gasteiger partial charge in [0.05, 0.1) is 0 Å². The van der Waals surface area contributed by atoms with Crippen molar-refractivity contribution in [3.8, 4) is 28.6 Å². The fourth-order valence-electron chi connectivity index (χ4n) is 2.94. The number of rotatable bonds is 6. The van der Waals surface area contributed by atoms with Crippen LogP contribution in [-0.2, 0) is 4.79 Å². The van der Waals surface area contributed by atoms with Gasteiger partial charge in [0, 0.05) is 16.8 Å². The molecule has 1 heterocycles. The number of amides is 1. The molecule has 6 nitrogen and oxygen atoms in total. The highest BCUT2D eigenvalue weighted by Crippen LogP contribution is 2.25. The molecule has 0 fully saturated rings. The molecule has 0 saturated carbocycles. The molecular weight excluding hydrogens is 378 g/mol. The van der Waals surface area contributed by atoms with Crippen molar-refractivity contribution in [2.75, 3.05) is 11.9 Å². The van der Waals surface area contributed by atoms with E-state index in [1.54, 1.807) is 12.1 Å². The molecule has 4 aromatic rings. The first-order valence-electron chi connectivity index (χ1n) is 9.57. The molecule has 1 aromatic heterocycles. The molecule has 0 atom stereocenters. The number of aromatic nitrogens is 2. The summed E-state index contributed by atoms with van der Waals surface area (Å²) in [6, 6.07) is 22.7. The Hall–Kier alpha value is -3.93. The number of nitrogens with zero attached hydrogens (tertiary/aromatic N) is 2. The van der Waals surface area contributed by atoms with E-state index in [1.165, 1.54) is 0 Å². The number of carbonyl (C=O) groups is 1. The summed E-state index contributed by atoms with van der Waals surface area (Å²) in [6.07, 6.45) is 0. The lowest BCUT2D eigenvalue weighted by molar-refractivity contribution is -0.118. The van der Waals surface area contributed by atoms with Crippen LogP contribution in [0, 0.1) is 13.8 Å². The van der Waals surface area contributed by atoms with E-state index in [9.17, 15) is 4.79 Å². The van der Waals surface area contributed by atoms with Gasteiger partial charge in [-0.15, -0.1) is 0 Å². The summed E-state index contributed by atoms with van der Waals surface area (Å²) in [5.74, 6) is 1.23. The minimum Gasteiger partial charge on any atom is -0.484 e. The van der Waals surface area contributed by atoms with Gasteiger partial charge in [-0.05, 0) is 50.2 Å². The summed E-state index contributed by atoms with van der Waals surface area (Å²) in [7, 11) is 0. The average Bonchev–Trinajstić information content (AvgIpc) is 3.25. The fourth-order valence-corrected chi connectivity index (χ4v) is 2.94. The van der Waals surface area contributed by atoms with Crippen LogP contribution in [-0.4, -0.2) is 22.7 Å². The molecule has 30 heavy (non-hydrogen) atoms. The van der Waals surface area contributed by atoms with Gasteiger partial charge in [-0.1, -0.05) is 52.7 Å². The lowest BCUT2D eigenvalue weighted by Gasteiger charge is -2.08. The molecule has 0 unspecified atom stereocenters. The zero-order valence-electron chi connectivity index (χ0n) is 16.8. The van der Waals surface area contributed by atoms with E-state index in [-0.39, 0.29) is 12.5 Å². The number of hydrogen-bond donors (Lipinski definition) is 1. The molecule has 0 aliphatic carbocycles. The van der Waals surface area contributed by atoms with Crippen LogP contribution in [0.1, 0.15) is 11.1 Å². The lowest BCUT2D eigenvalue weighted by Crippen LogP contribution is -2.20. The van der Waals surface area contributed by atoms with Crippen molar-refractivity contribution < 1.29 is 14.1 Å². The molecule has 6 heteroatoms. The van der Waals surface area contributed by atoms with Crippen molar-refractivity contribution in [3.05, 3.63) is 83.9 Å². The SMILES string of the molecule is Cc1ccc(NC(=O)COc2cccc(-c3noc(-c4cccc(C)c4)n3)c2)cc1. The summed E-state index contributed by atoms with van der Waals surface area (Å²) in [6.45, 7) is 3.91. The Balaban J connectivity index is 1.41. The Morgan fingerprint density at radius 2 is 1.70 bits per heavy atom. The van der Waals surface area contributed by atoms with Crippen molar-refractivity contribution in [2.45, 2.75) is 13.8 Å². The first-order chi connectivity index (χ1) is 14.6. The summed E-state index contributed by atoms with van der Waals surface area (Å²) in [5, 5.41) is 6.88. The third kappa shape index (κ3) is 4.72. The smallest absolute Gasteiger partial charge is 0.262 e. The van der Waals surface area contributed by atoms with Crippen LogP contribution in [0.3, 0.4) is 0 Å². The average molecular weight is 399 g/mol. The first kappa shape index (κ1) is 19.4. The number of carbonyl (C=O) groups excluding carboxylic acids is 1. The predicted octanol–water partition coefficient (Wildman–Crippen LogP) is 5.04. The van der Waals surface area contributed by atoms with Crippen molar-refractivity contribution >= 4 is 11.6 Å². The quantitative estimate of drug-likeness (QED) is 0.492. The van der Waals surface area contributed by atoms with Crippen LogP contribution in [0.2, 0.25) is 0 Å². The van der Waals surface area contributed by atoms with E-state index in [0.29, 0.717) is 17.5 Å². The Kier molecular flexibility index (Phi) is 5.57. The standard InChI is InChI=1S/C24H21N3O3/c1-16-9-11-20(12-10-16)25-22(28)15-29-21-8-4-6-18(14-21)23-26-24(30-27-23)19-7-3-5-17(2)13-19/h3-14H,15H2,1-2H3,(H,25,28). The Bertz CT molecular complexity index is 1170. The van der Waals surface area contributed by atoms with E-state index < -0.39 is 0 Å². The van der Waals surface area contributed by atoms with Crippen LogP contribution in [0.25, 0.3) is 22.8 Å². The van der Waals surface area contributed by atoms with Crippen molar-refractivity contribution in [3.63, 3.8) is 0 Å². The summed E-state index contributed by atoms with van der Waals surface area (Å²) < 4.78 is 11.0. The molecule has 0 aliphatic heterocycles. The van der Waals surface area contributed by atoms with E-state index in [1.807, 2.05) is 74.5 Å². The Labute approximate surface area is 174 Å². The van der Waals surface area contributed by atoms with Gasteiger partial charge in [-0.3, -0.25) is 4.79 Å². The Morgan fingerprint density at radius 3 is 2.50 bits per heavy atom. The van der Waals surface area contributed by atoms with Crippen LogP contribution in [0.4, 0.5) is 5.69 Å². The molecular formula is C24H21N3O3. The highest BCUT2D eigenvalue weighted by atomic mass is 16.5. The fraction of sp³-hybridized carbons (Fsp3) is 0.125. The van der Waals surface area contributed by atoms with Crippen LogP contribution >= 0.6 is 0 Å². The lowest BCUT2D eigenvalue weighted by atomic mass is 10.1. The minimum atomic E-state index is -0.231. The number of ether oxygens (including phenoxy) is 1. The maximum atomic E-state index is 12.1. The van der Waals surface area contributed by atoms with E-state index in [0.717, 1.165) is 27.9 Å². The predicted molar refractivity (Wildman–Crippen MR) is 115 cm³/mol. The maximum Gasteiger partial charge on any atom is 0.262 e. The normalized spacial score (nSPS) is 10.6. The molecule has 0 bridgehead atoms. The van der Waals surface area contributed by atoms with Crippen molar-refractivity contribution in [1.29, 1.82) is 0 Å². The topological polar surface area (TPSA) is 77.2 Å². The van der Waals surface area contributed by atoms with E-state index >= 15 is 0 Å². The van der Waals surface area contributed by atoms with Gasteiger partial charge >= 0.3 is 0 Å². The van der Waals surface area contributed by atoms with Gasteiger partial charge in [0.25, 0.3) is 11.8 Å². The molecule has 4 rings (SSSR count). The number of hydrogen-bond acceptors (Lipinski definition) is 5. The van der Waals surface area contributed by atoms with Gasteiger partial charge in [0.1, 0.15) is 5.75 Å². The number of aryl methyl sites for hydroxylation is 2. The molecule has 0 saturated heterocycles. The second-order valence-corrected chi connectivity index (χ2v) is 7.02. The number of benzene rings is 3. The summed E-state index contributed by atoms with van der Waals surface area (Å²) in [4.78, 5) is 16.6. The molecule has 0 radical (unpaired) electrons. The molecule has 0 aliphatic rings. The molecule has 1 N–H and O–H groups in total.